The van der Waals surface area contributed by atoms with Crippen LogP contribution < -0.4 is 0 Å². The second-order valence-electron chi connectivity index (χ2n) is 8.12. The van der Waals surface area contributed by atoms with Crippen LogP contribution in [0, 0.1) is 12.8 Å². The topological polar surface area (TPSA) is 52.6 Å². The van der Waals surface area contributed by atoms with Crippen molar-refractivity contribution in [2.75, 3.05) is 19.8 Å². The van der Waals surface area contributed by atoms with Crippen molar-refractivity contribution in [1.82, 2.24) is 0 Å². The number of Topliss-reactive ketones (excluding diaryl/α,β-unsaturated/α-hetero) is 2. The maximum atomic E-state index is 13.6. The van der Waals surface area contributed by atoms with Gasteiger partial charge >= 0.3 is 0 Å². The summed E-state index contributed by atoms with van der Waals surface area (Å²) < 4.78 is 11.3. The normalized spacial score (nSPS) is 26.0. The van der Waals surface area contributed by atoms with E-state index in [1.54, 1.807) is 0 Å². The number of carbonyl (C=O) groups excluding carboxylic acids is 2. The summed E-state index contributed by atoms with van der Waals surface area (Å²) >= 11 is 6.01. The van der Waals surface area contributed by atoms with Crippen LogP contribution in [-0.2, 0) is 19.1 Å². The van der Waals surface area contributed by atoms with Gasteiger partial charge in [0, 0.05) is 18.2 Å². The van der Waals surface area contributed by atoms with Crippen molar-refractivity contribution in [1.29, 1.82) is 0 Å². The molecule has 29 heavy (non-hydrogen) atoms. The van der Waals surface area contributed by atoms with Crippen molar-refractivity contribution >= 4 is 23.2 Å². The van der Waals surface area contributed by atoms with Gasteiger partial charge in [0.15, 0.2) is 11.6 Å². The summed E-state index contributed by atoms with van der Waals surface area (Å²) in [5.74, 6) is -1.02. The van der Waals surface area contributed by atoms with E-state index in [1.165, 1.54) is 0 Å². The number of halogens is 1. The van der Waals surface area contributed by atoms with Gasteiger partial charge in [-0.25, -0.2) is 0 Å². The van der Waals surface area contributed by atoms with Gasteiger partial charge in [-0.3, -0.25) is 9.59 Å². The van der Waals surface area contributed by atoms with Crippen LogP contribution in [0.2, 0.25) is 5.02 Å². The van der Waals surface area contributed by atoms with Crippen molar-refractivity contribution < 1.29 is 19.1 Å². The molecule has 2 atom stereocenters. The van der Waals surface area contributed by atoms with Crippen LogP contribution in [0.3, 0.4) is 0 Å². The van der Waals surface area contributed by atoms with Gasteiger partial charge in [-0.05, 0) is 73.1 Å². The summed E-state index contributed by atoms with van der Waals surface area (Å²) in [4.78, 5) is 26.4. The molecule has 2 aromatic carbocycles. The first-order chi connectivity index (χ1) is 13.9. The van der Waals surface area contributed by atoms with E-state index in [4.69, 9.17) is 21.1 Å². The third-order valence-corrected chi connectivity index (χ3v) is 6.61. The number of hydrogen-bond donors (Lipinski definition) is 0. The molecule has 0 aromatic heterocycles. The van der Waals surface area contributed by atoms with Crippen LogP contribution in [0.25, 0.3) is 11.1 Å². The Hall–Kier alpha value is -2.01. The molecule has 0 amide bonds. The summed E-state index contributed by atoms with van der Waals surface area (Å²) in [5, 5.41) is 0.670. The molecule has 0 spiro atoms. The minimum Gasteiger partial charge on any atom is -0.381 e. The van der Waals surface area contributed by atoms with E-state index in [0.29, 0.717) is 18.2 Å². The molecule has 4 rings (SSSR count). The van der Waals surface area contributed by atoms with Crippen LogP contribution >= 0.6 is 11.6 Å². The highest BCUT2D eigenvalue weighted by Crippen LogP contribution is 2.40. The zero-order valence-electron chi connectivity index (χ0n) is 16.7. The molecule has 0 aliphatic carbocycles. The molecule has 0 bridgehead atoms. The van der Waals surface area contributed by atoms with Crippen molar-refractivity contribution in [2.24, 2.45) is 5.92 Å². The Morgan fingerprint density at radius 3 is 2.34 bits per heavy atom. The first kappa shape index (κ1) is 20.3. The first-order valence-corrected chi connectivity index (χ1v) is 10.4. The molecular weight excluding hydrogens is 388 g/mol. The highest BCUT2D eigenvalue weighted by atomic mass is 35.5. The Labute approximate surface area is 176 Å². The molecule has 4 nitrogen and oxygen atoms in total. The number of carbonyl (C=O) groups is 2. The van der Waals surface area contributed by atoms with Gasteiger partial charge in [-0.15, -0.1) is 0 Å². The lowest BCUT2D eigenvalue weighted by molar-refractivity contribution is -0.172. The van der Waals surface area contributed by atoms with Crippen LogP contribution in [0.15, 0.2) is 42.5 Å². The van der Waals surface area contributed by atoms with E-state index in [1.807, 2.05) is 56.3 Å². The van der Waals surface area contributed by atoms with Gasteiger partial charge in [0.05, 0.1) is 0 Å². The van der Waals surface area contributed by atoms with Gasteiger partial charge in [-0.1, -0.05) is 35.9 Å². The quantitative estimate of drug-likeness (QED) is 0.682. The van der Waals surface area contributed by atoms with Gasteiger partial charge in [-0.2, -0.15) is 0 Å². The van der Waals surface area contributed by atoms with E-state index in [2.05, 4.69) is 0 Å². The number of hydrogen-bond acceptors (Lipinski definition) is 4. The van der Waals surface area contributed by atoms with Crippen LogP contribution in [0.5, 0.6) is 0 Å². The number of ketones is 2. The molecule has 2 heterocycles. The molecule has 2 unspecified atom stereocenters. The molecule has 2 saturated heterocycles. The van der Waals surface area contributed by atoms with Crippen molar-refractivity contribution in [3.8, 4) is 11.1 Å². The minimum atomic E-state index is -0.953. The van der Waals surface area contributed by atoms with Crippen LogP contribution in [-0.4, -0.2) is 37.0 Å². The fourth-order valence-electron chi connectivity index (χ4n) is 4.46. The van der Waals surface area contributed by atoms with Crippen molar-refractivity contribution in [3.63, 3.8) is 0 Å². The van der Waals surface area contributed by atoms with E-state index in [9.17, 15) is 9.59 Å². The maximum Gasteiger partial charge on any atom is 0.179 e. The molecule has 0 saturated carbocycles. The molecule has 2 aromatic rings. The highest BCUT2D eigenvalue weighted by Gasteiger charge is 2.51. The predicted molar refractivity (Wildman–Crippen MR) is 112 cm³/mol. The van der Waals surface area contributed by atoms with E-state index >= 15 is 0 Å². The average Bonchev–Trinajstić information content (AvgIpc) is 2.74. The Balaban J connectivity index is 1.72. The Kier molecular flexibility index (Phi) is 5.60. The summed E-state index contributed by atoms with van der Waals surface area (Å²) in [6, 6.07) is 13.5. The van der Waals surface area contributed by atoms with Gasteiger partial charge in [0.25, 0.3) is 0 Å². The largest absolute Gasteiger partial charge is 0.381 e. The lowest BCUT2D eigenvalue weighted by atomic mass is 9.71. The zero-order chi connectivity index (χ0) is 20.6. The van der Waals surface area contributed by atoms with Crippen LogP contribution in [0.4, 0.5) is 0 Å². The molecular formula is C24H25ClO4. The van der Waals surface area contributed by atoms with E-state index in [0.717, 1.165) is 35.1 Å². The first-order valence-electron chi connectivity index (χ1n) is 10.1. The average molecular weight is 413 g/mol. The summed E-state index contributed by atoms with van der Waals surface area (Å²) in [6.45, 7) is 5.02. The van der Waals surface area contributed by atoms with Crippen molar-refractivity contribution in [2.45, 2.75) is 38.2 Å². The third-order valence-electron chi connectivity index (χ3n) is 6.36. The van der Waals surface area contributed by atoms with Gasteiger partial charge < -0.3 is 9.47 Å². The number of aryl methyl sites for hydroxylation is 1. The lowest BCUT2D eigenvalue weighted by Gasteiger charge is -2.43. The molecule has 5 heteroatoms. The van der Waals surface area contributed by atoms with E-state index in [-0.39, 0.29) is 24.1 Å². The van der Waals surface area contributed by atoms with Gasteiger partial charge in [0.1, 0.15) is 18.1 Å². The summed E-state index contributed by atoms with van der Waals surface area (Å²) in [5.41, 5.74) is 2.71. The standard InChI is InChI=1S/C24H25ClO4/c1-15-3-4-17(16-5-7-19(25)8-6-16)13-20(15)22-21(26)14-29-24(2,23(22)27)18-9-11-28-12-10-18/h3-8,13,18,22H,9-12,14H2,1-2H3. The number of benzene rings is 2. The molecule has 2 aliphatic rings. The minimum absolute atomic E-state index is 0.0329. The molecule has 0 radical (unpaired) electrons. The second kappa shape index (κ2) is 8.02. The fraction of sp³-hybridized carbons (Fsp3) is 0.417. The zero-order valence-corrected chi connectivity index (χ0v) is 17.5. The second-order valence-corrected chi connectivity index (χ2v) is 8.56. The Morgan fingerprint density at radius 2 is 1.66 bits per heavy atom. The van der Waals surface area contributed by atoms with Crippen LogP contribution in [0.1, 0.15) is 36.8 Å². The smallest absolute Gasteiger partial charge is 0.179 e. The highest BCUT2D eigenvalue weighted by molar-refractivity contribution is 6.30. The number of ether oxygens (including phenoxy) is 2. The molecule has 0 N–H and O–H groups in total. The Bertz CT molecular complexity index is 930. The SMILES string of the molecule is Cc1ccc(-c2ccc(Cl)cc2)cc1C1C(=O)COC(C)(C2CCOCC2)C1=O. The monoisotopic (exact) mass is 412 g/mol. The summed E-state index contributed by atoms with van der Waals surface area (Å²) in [7, 11) is 0. The number of rotatable bonds is 3. The molecule has 2 aliphatic heterocycles. The maximum absolute atomic E-state index is 13.6. The summed E-state index contributed by atoms with van der Waals surface area (Å²) in [6.07, 6.45) is 1.54. The predicted octanol–water partition coefficient (Wildman–Crippen LogP) is 4.75. The van der Waals surface area contributed by atoms with Crippen molar-refractivity contribution in [3.05, 3.63) is 58.6 Å². The third kappa shape index (κ3) is 3.77. The lowest BCUT2D eigenvalue weighted by Crippen LogP contribution is -2.55. The van der Waals surface area contributed by atoms with E-state index < -0.39 is 11.5 Å². The molecule has 2 fully saturated rings. The van der Waals surface area contributed by atoms with Gasteiger partial charge in [0.2, 0.25) is 0 Å². The fourth-order valence-corrected chi connectivity index (χ4v) is 4.59. The Morgan fingerprint density at radius 1 is 1.00 bits per heavy atom. The molecule has 152 valence electrons.